The predicted molar refractivity (Wildman–Crippen MR) is 109 cm³/mol. The maximum Gasteiger partial charge on any atom is 0.271 e. The number of benzene rings is 1. The molecule has 6 nitrogen and oxygen atoms in total. The van der Waals surface area contributed by atoms with Crippen LogP contribution in [0.4, 0.5) is 5.95 Å². The summed E-state index contributed by atoms with van der Waals surface area (Å²) >= 11 is 0. The fraction of sp³-hybridized carbons (Fsp3) is 0.409. The number of hydrogen-bond acceptors (Lipinski definition) is 5. The molecule has 1 aliphatic heterocycles. The van der Waals surface area contributed by atoms with Gasteiger partial charge in [0.25, 0.3) is 5.56 Å². The van der Waals surface area contributed by atoms with Gasteiger partial charge in [0, 0.05) is 37.7 Å². The molecule has 0 amide bonds. The molecule has 2 N–H and O–H groups in total. The summed E-state index contributed by atoms with van der Waals surface area (Å²) in [7, 11) is 1.75. The van der Waals surface area contributed by atoms with Crippen LogP contribution in [0.2, 0.25) is 0 Å². The summed E-state index contributed by atoms with van der Waals surface area (Å²) < 4.78 is 1.60. The molecule has 6 heteroatoms. The number of piperidine rings is 1. The molecule has 2 heterocycles. The Bertz CT molecular complexity index is 1040. The molecule has 0 spiro atoms. The highest BCUT2D eigenvalue weighted by Gasteiger charge is 2.23. The Morgan fingerprint density at radius 1 is 1.14 bits per heavy atom. The standard InChI is InChI=1S/C22H23N5O/c1-26-21(28)19(9-6-15-2-3-15)20(17-7-4-16(14-23)5-8-17)25-22(26)27-12-10-18(24)11-13-27/h4-5,7-8,15,18H,2-3,10-13,24H2,1H3. The Kier molecular flexibility index (Phi) is 4.90. The van der Waals surface area contributed by atoms with Crippen molar-refractivity contribution < 1.29 is 0 Å². The number of anilines is 1. The fourth-order valence-electron chi connectivity index (χ4n) is 3.40. The first-order valence-electron chi connectivity index (χ1n) is 9.70. The van der Waals surface area contributed by atoms with Gasteiger partial charge in [0.2, 0.25) is 5.95 Å². The quantitative estimate of drug-likeness (QED) is 0.814. The van der Waals surface area contributed by atoms with Crippen molar-refractivity contribution in [1.82, 2.24) is 9.55 Å². The van der Waals surface area contributed by atoms with Gasteiger partial charge in [0.15, 0.2) is 0 Å². The maximum absolute atomic E-state index is 13.2. The van der Waals surface area contributed by atoms with Crippen LogP contribution in [0.15, 0.2) is 29.1 Å². The van der Waals surface area contributed by atoms with E-state index in [-0.39, 0.29) is 11.6 Å². The highest BCUT2D eigenvalue weighted by atomic mass is 16.1. The van der Waals surface area contributed by atoms with Crippen molar-refractivity contribution in [1.29, 1.82) is 5.26 Å². The van der Waals surface area contributed by atoms with Crippen molar-refractivity contribution in [3.05, 3.63) is 45.7 Å². The van der Waals surface area contributed by atoms with Crippen LogP contribution in [-0.4, -0.2) is 28.7 Å². The summed E-state index contributed by atoms with van der Waals surface area (Å²) in [6, 6.07) is 9.47. The van der Waals surface area contributed by atoms with E-state index in [2.05, 4.69) is 22.8 Å². The molecule has 2 aliphatic rings. The topological polar surface area (TPSA) is 87.9 Å². The second kappa shape index (κ2) is 7.50. The largest absolute Gasteiger partial charge is 0.342 e. The van der Waals surface area contributed by atoms with Crippen LogP contribution in [0.5, 0.6) is 0 Å². The van der Waals surface area contributed by atoms with Crippen molar-refractivity contribution >= 4 is 5.95 Å². The van der Waals surface area contributed by atoms with Crippen molar-refractivity contribution in [3.63, 3.8) is 0 Å². The fourth-order valence-corrected chi connectivity index (χ4v) is 3.40. The van der Waals surface area contributed by atoms with Crippen LogP contribution in [0.1, 0.15) is 36.8 Å². The third-order valence-electron chi connectivity index (χ3n) is 5.36. The van der Waals surface area contributed by atoms with Gasteiger partial charge in [-0.2, -0.15) is 5.26 Å². The third kappa shape index (κ3) is 3.65. The summed E-state index contributed by atoms with van der Waals surface area (Å²) in [6.07, 6.45) is 3.95. The maximum atomic E-state index is 13.2. The van der Waals surface area contributed by atoms with Gasteiger partial charge in [-0.3, -0.25) is 9.36 Å². The van der Waals surface area contributed by atoms with Crippen molar-refractivity contribution in [2.75, 3.05) is 18.0 Å². The summed E-state index contributed by atoms with van der Waals surface area (Å²) in [5.41, 5.74) is 8.28. The number of nitrogens with zero attached hydrogens (tertiary/aromatic N) is 4. The zero-order valence-corrected chi connectivity index (χ0v) is 16.0. The van der Waals surface area contributed by atoms with E-state index in [4.69, 9.17) is 16.0 Å². The number of nitriles is 1. The molecule has 0 unspecified atom stereocenters. The van der Waals surface area contributed by atoms with Crippen LogP contribution < -0.4 is 16.2 Å². The second-order valence-corrected chi connectivity index (χ2v) is 7.56. The molecular weight excluding hydrogens is 350 g/mol. The zero-order chi connectivity index (χ0) is 19.7. The van der Waals surface area contributed by atoms with E-state index in [1.54, 1.807) is 23.7 Å². The molecule has 2 aromatic rings. The van der Waals surface area contributed by atoms with Crippen LogP contribution in [0, 0.1) is 29.1 Å². The Morgan fingerprint density at radius 3 is 2.43 bits per heavy atom. The minimum Gasteiger partial charge on any atom is -0.342 e. The van der Waals surface area contributed by atoms with Crippen LogP contribution in [0.3, 0.4) is 0 Å². The molecular formula is C22H23N5O. The first-order valence-corrected chi connectivity index (χ1v) is 9.70. The Labute approximate surface area is 164 Å². The van der Waals surface area contributed by atoms with Gasteiger partial charge in [-0.15, -0.1) is 0 Å². The highest BCUT2D eigenvalue weighted by Crippen LogP contribution is 2.28. The molecule has 2 fully saturated rings. The van der Waals surface area contributed by atoms with Crippen molar-refractivity contribution in [2.45, 2.75) is 31.7 Å². The highest BCUT2D eigenvalue weighted by molar-refractivity contribution is 5.69. The summed E-state index contributed by atoms with van der Waals surface area (Å²) in [5.74, 6) is 7.33. The molecule has 1 saturated heterocycles. The van der Waals surface area contributed by atoms with E-state index in [0.717, 1.165) is 44.3 Å². The van der Waals surface area contributed by atoms with Gasteiger partial charge in [-0.05, 0) is 37.8 Å². The molecule has 1 aliphatic carbocycles. The molecule has 142 valence electrons. The normalized spacial score (nSPS) is 17.0. The predicted octanol–water partition coefficient (Wildman–Crippen LogP) is 2.01. The van der Waals surface area contributed by atoms with Crippen molar-refractivity contribution in [2.24, 2.45) is 18.7 Å². The molecule has 4 rings (SSSR count). The minimum absolute atomic E-state index is 0.132. The van der Waals surface area contributed by atoms with Crippen LogP contribution >= 0.6 is 0 Å². The van der Waals surface area contributed by atoms with E-state index in [0.29, 0.717) is 28.7 Å². The number of nitrogens with two attached hydrogens (primary N) is 1. The number of rotatable bonds is 2. The lowest BCUT2D eigenvalue weighted by Gasteiger charge is -2.32. The zero-order valence-electron chi connectivity index (χ0n) is 16.0. The lowest BCUT2D eigenvalue weighted by molar-refractivity contribution is 0.490. The lowest BCUT2D eigenvalue weighted by atomic mass is 10.0. The van der Waals surface area contributed by atoms with E-state index in [1.807, 2.05) is 12.1 Å². The minimum atomic E-state index is -0.132. The molecule has 28 heavy (non-hydrogen) atoms. The summed E-state index contributed by atoms with van der Waals surface area (Å²) in [5, 5.41) is 9.06. The van der Waals surface area contributed by atoms with Crippen LogP contribution in [0.25, 0.3) is 11.3 Å². The SMILES string of the molecule is Cn1c(N2CCC(N)CC2)nc(-c2ccc(C#N)cc2)c(C#CC2CC2)c1=O. The van der Waals surface area contributed by atoms with Gasteiger partial charge in [-0.25, -0.2) is 4.98 Å². The lowest BCUT2D eigenvalue weighted by Crippen LogP contribution is -2.42. The van der Waals surface area contributed by atoms with E-state index in [9.17, 15) is 4.79 Å². The smallest absolute Gasteiger partial charge is 0.271 e. The number of aromatic nitrogens is 2. The summed E-state index contributed by atoms with van der Waals surface area (Å²) in [4.78, 5) is 20.2. The molecule has 1 saturated carbocycles. The molecule has 0 bridgehead atoms. The first kappa shape index (κ1) is 18.3. The van der Waals surface area contributed by atoms with E-state index >= 15 is 0 Å². The average Bonchev–Trinajstić information content (AvgIpc) is 3.54. The Balaban J connectivity index is 1.83. The molecule has 0 atom stereocenters. The van der Waals surface area contributed by atoms with E-state index < -0.39 is 0 Å². The first-order chi connectivity index (χ1) is 13.6. The number of hydrogen-bond donors (Lipinski definition) is 1. The van der Waals surface area contributed by atoms with E-state index in [1.165, 1.54) is 0 Å². The van der Waals surface area contributed by atoms with Gasteiger partial charge in [0.05, 0.1) is 17.3 Å². The third-order valence-corrected chi connectivity index (χ3v) is 5.36. The molecule has 0 radical (unpaired) electrons. The molecule has 1 aromatic carbocycles. The van der Waals surface area contributed by atoms with Crippen LogP contribution in [-0.2, 0) is 7.05 Å². The second-order valence-electron chi connectivity index (χ2n) is 7.56. The van der Waals surface area contributed by atoms with Crippen molar-refractivity contribution in [3.8, 4) is 29.2 Å². The Hall–Kier alpha value is -3.09. The average molecular weight is 373 g/mol. The molecule has 1 aromatic heterocycles. The van der Waals surface area contributed by atoms with Gasteiger partial charge in [-0.1, -0.05) is 24.0 Å². The van der Waals surface area contributed by atoms with Gasteiger partial charge >= 0.3 is 0 Å². The Morgan fingerprint density at radius 2 is 1.82 bits per heavy atom. The van der Waals surface area contributed by atoms with Gasteiger partial charge in [0.1, 0.15) is 5.56 Å². The summed E-state index contributed by atoms with van der Waals surface area (Å²) in [6.45, 7) is 1.56. The monoisotopic (exact) mass is 373 g/mol. The van der Waals surface area contributed by atoms with Gasteiger partial charge < -0.3 is 10.6 Å².